The second kappa shape index (κ2) is 5.80. The fourth-order valence-corrected chi connectivity index (χ4v) is 0.998. The molecule has 0 aliphatic rings. The molecule has 0 saturated carbocycles. The largest absolute Gasteiger partial charge is 0.394 e. The van der Waals surface area contributed by atoms with E-state index < -0.39 is 5.54 Å². The summed E-state index contributed by atoms with van der Waals surface area (Å²) in [6.45, 7) is 1.07. The van der Waals surface area contributed by atoms with Gasteiger partial charge in [0.15, 0.2) is 11.4 Å². The van der Waals surface area contributed by atoms with Crippen LogP contribution in [0, 0.1) is 11.5 Å². The molecule has 3 N–H and O–H groups in total. The molecule has 0 aliphatic carbocycles. The highest BCUT2D eigenvalue weighted by Gasteiger charge is 2.21. The summed E-state index contributed by atoms with van der Waals surface area (Å²) in [4.78, 5) is 4.00. The topological polar surface area (TPSA) is 88.6 Å². The lowest BCUT2D eigenvalue weighted by atomic mass is 10.1. The van der Waals surface area contributed by atoms with Crippen molar-refractivity contribution >= 4 is 16.9 Å². The molecule has 0 fully saturated rings. The minimum atomic E-state index is -0.928. The van der Waals surface area contributed by atoms with Gasteiger partial charge in [-0.3, -0.25) is 10.3 Å². The number of rotatable bonds is 3. The van der Waals surface area contributed by atoms with E-state index in [2.05, 4.69) is 10.3 Å². The van der Waals surface area contributed by atoms with Crippen LogP contribution in [0.25, 0.3) is 0 Å². The maximum atomic E-state index is 8.91. The number of aliphatic hydroxyl groups excluding tert-OH is 2. The molecule has 0 amide bonds. The van der Waals surface area contributed by atoms with Crippen LogP contribution in [0.4, 0.5) is 0 Å². The number of nitrogens with zero attached hydrogens (tertiary/aromatic N) is 2. The number of nitrogens with one attached hydrogen (secondary N) is 1. The highest BCUT2D eigenvalue weighted by atomic mass is 32.2. The zero-order chi connectivity index (χ0) is 10.3. The molecule has 74 valence electrons. The summed E-state index contributed by atoms with van der Waals surface area (Å²) in [5.41, 5.74) is -0.928. The summed E-state index contributed by atoms with van der Waals surface area (Å²) < 4.78 is 0. The molecule has 0 spiro atoms. The Balaban J connectivity index is 4.55. The Labute approximate surface area is 81.5 Å². The first kappa shape index (κ1) is 12.2. The van der Waals surface area contributed by atoms with Gasteiger partial charge in [-0.2, -0.15) is 5.26 Å². The molecule has 0 atom stereocenters. The fourth-order valence-electron chi connectivity index (χ4n) is 0.538. The van der Waals surface area contributed by atoms with Crippen LogP contribution in [0.5, 0.6) is 0 Å². The first-order valence-corrected chi connectivity index (χ1v) is 4.85. The number of hydrogen-bond donors (Lipinski definition) is 3. The number of nitriles is 1. The van der Waals surface area contributed by atoms with Gasteiger partial charge in [0.1, 0.15) is 5.54 Å². The van der Waals surface area contributed by atoms with E-state index in [4.69, 9.17) is 15.5 Å². The van der Waals surface area contributed by atoms with E-state index in [1.807, 2.05) is 0 Å². The monoisotopic (exact) mass is 203 g/mol. The number of aliphatic imine (C=N–C) groups is 1. The van der Waals surface area contributed by atoms with E-state index in [9.17, 15) is 0 Å². The van der Waals surface area contributed by atoms with Gasteiger partial charge in [-0.05, 0) is 13.2 Å². The second-order valence-corrected chi connectivity index (χ2v) is 3.47. The molecule has 0 saturated heterocycles. The lowest BCUT2D eigenvalue weighted by Crippen LogP contribution is -2.34. The van der Waals surface area contributed by atoms with Crippen LogP contribution in [0.1, 0.15) is 6.92 Å². The fraction of sp³-hybridized carbons (Fsp3) is 0.714. The van der Waals surface area contributed by atoms with Crippen LogP contribution in [0.3, 0.4) is 0 Å². The maximum absolute atomic E-state index is 8.91. The van der Waals surface area contributed by atoms with Gasteiger partial charge in [0.2, 0.25) is 0 Å². The Morgan fingerprint density at radius 1 is 1.62 bits per heavy atom. The highest BCUT2D eigenvalue weighted by Crippen LogP contribution is 2.10. The van der Waals surface area contributed by atoms with Crippen LogP contribution >= 0.6 is 11.8 Å². The summed E-state index contributed by atoms with van der Waals surface area (Å²) in [6, 6.07) is 0. The average molecular weight is 203 g/mol. The minimum absolute atomic E-state index is 0.263. The van der Waals surface area contributed by atoms with Gasteiger partial charge in [0, 0.05) is 0 Å². The molecule has 0 rings (SSSR count). The molecular formula is C7H13N3O2S. The molecular weight excluding hydrogens is 190 g/mol. The third-order valence-corrected chi connectivity index (χ3v) is 1.99. The second-order valence-electron chi connectivity index (χ2n) is 2.67. The zero-order valence-corrected chi connectivity index (χ0v) is 8.43. The lowest BCUT2D eigenvalue weighted by Gasteiger charge is -2.20. The van der Waals surface area contributed by atoms with Gasteiger partial charge < -0.3 is 10.2 Å². The number of thioether (sulfide) groups is 1. The van der Waals surface area contributed by atoms with Crippen molar-refractivity contribution in [3.05, 3.63) is 0 Å². The first-order chi connectivity index (χ1) is 6.11. The molecule has 0 aromatic carbocycles. The smallest absolute Gasteiger partial charge is 0.183 e. The molecule has 0 aromatic rings. The van der Waals surface area contributed by atoms with Gasteiger partial charge in [-0.15, -0.1) is 0 Å². The van der Waals surface area contributed by atoms with Crippen molar-refractivity contribution < 1.29 is 10.2 Å². The molecule has 0 aliphatic heterocycles. The van der Waals surface area contributed by atoms with E-state index in [0.29, 0.717) is 5.17 Å². The summed E-state index contributed by atoms with van der Waals surface area (Å²) >= 11 is 1.25. The van der Waals surface area contributed by atoms with E-state index in [1.165, 1.54) is 11.8 Å². The number of amidine groups is 1. The standard InChI is InChI=1S/C7H13N3O2S/c1-7(3-11,4-12)10-6(13-2)9-5-8/h11-12H,3-4H2,1-2H3,(H,9,10). The van der Waals surface area contributed by atoms with Crippen molar-refractivity contribution in [2.75, 3.05) is 19.5 Å². The van der Waals surface area contributed by atoms with E-state index in [-0.39, 0.29) is 13.2 Å². The molecule has 0 heterocycles. The minimum Gasteiger partial charge on any atom is -0.394 e. The Morgan fingerprint density at radius 2 is 2.15 bits per heavy atom. The molecule has 13 heavy (non-hydrogen) atoms. The van der Waals surface area contributed by atoms with Crippen LogP contribution < -0.4 is 5.32 Å². The lowest BCUT2D eigenvalue weighted by molar-refractivity contribution is 0.135. The normalized spacial score (nSPS) is 12.4. The summed E-state index contributed by atoms with van der Waals surface area (Å²) in [7, 11) is 0. The molecule has 6 heteroatoms. The number of hydrogen-bond acceptors (Lipinski definition) is 5. The predicted molar refractivity (Wildman–Crippen MR) is 52.3 cm³/mol. The summed E-state index contributed by atoms with van der Waals surface area (Å²) in [5.74, 6) is 0. The zero-order valence-electron chi connectivity index (χ0n) is 7.61. The van der Waals surface area contributed by atoms with Crippen LogP contribution in [0.15, 0.2) is 4.99 Å². The quantitative estimate of drug-likeness (QED) is 0.249. The van der Waals surface area contributed by atoms with Crippen molar-refractivity contribution in [2.45, 2.75) is 12.5 Å². The van der Waals surface area contributed by atoms with Crippen molar-refractivity contribution in [3.8, 4) is 6.19 Å². The van der Waals surface area contributed by atoms with Gasteiger partial charge >= 0.3 is 0 Å². The number of aliphatic hydroxyl groups is 2. The first-order valence-electron chi connectivity index (χ1n) is 3.62. The SMILES string of the molecule is CSC(=NC(C)(CO)CO)NC#N. The highest BCUT2D eigenvalue weighted by molar-refractivity contribution is 8.13. The van der Waals surface area contributed by atoms with E-state index in [0.717, 1.165) is 0 Å². The third kappa shape index (κ3) is 4.12. The summed E-state index contributed by atoms with van der Waals surface area (Å²) in [6.07, 6.45) is 3.47. The Morgan fingerprint density at radius 3 is 2.46 bits per heavy atom. The van der Waals surface area contributed by atoms with E-state index >= 15 is 0 Å². The van der Waals surface area contributed by atoms with E-state index in [1.54, 1.807) is 19.4 Å². The molecule has 0 radical (unpaired) electrons. The third-order valence-electron chi connectivity index (χ3n) is 1.41. The maximum Gasteiger partial charge on any atom is 0.183 e. The summed E-state index contributed by atoms with van der Waals surface area (Å²) in [5, 5.41) is 28.9. The molecule has 5 nitrogen and oxygen atoms in total. The van der Waals surface area contributed by atoms with Crippen molar-refractivity contribution in [3.63, 3.8) is 0 Å². The van der Waals surface area contributed by atoms with Gasteiger partial charge in [-0.25, -0.2) is 0 Å². The molecule has 0 unspecified atom stereocenters. The van der Waals surface area contributed by atoms with Crippen molar-refractivity contribution in [2.24, 2.45) is 4.99 Å². The average Bonchev–Trinajstić information content (AvgIpc) is 2.17. The van der Waals surface area contributed by atoms with Crippen LogP contribution in [-0.2, 0) is 0 Å². The predicted octanol–water partition coefficient (Wildman–Crippen LogP) is -0.481. The Kier molecular flexibility index (Phi) is 5.46. The molecule has 0 bridgehead atoms. The van der Waals surface area contributed by atoms with Crippen molar-refractivity contribution in [1.29, 1.82) is 5.26 Å². The Bertz CT molecular complexity index is 220. The Hall–Kier alpha value is -0.770. The molecule has 0 aromatic heterocycles. The van der Waals surface area contributed by atoms with Crippen LogP contribution in [-0.4, -0.2) is 40.4 Å². The van der Waals surface area contributed by atoms with Crippen LogP contribution in [0.2, 0.25) is 0 Å². The van der Waals surface area contributed by atoms with Gasteiger partial charge in [-0.1, -0.05) is 11.8 Å². The van der Waals surface area contributed by atoms with Gasteiger partial charge in [0.25, 0.3) is 0 Å². The van der Waals surface area contributed by atoms with Crippen molar-refractivity contribution in [1.82, 2.24) is 5.32 Å². The van der Waals surface area contributed by atoms with Gasteiger partial charge in [0.05, 0.1) is 13.2 Å².